The van der Waals surface area contributed by atoms with Crippen molar-refractivity contribution in [2.24, 2.45) is 11.7 Å². The predicted molar refractivity (Wildman–Crippen MR) is 72.6 cm³/mol. The monoisotopic (exact) mass is 252 g/mol. The van der Waals surface area contributed by atoms with Gasteiger partial charge in [-0.2, -0.15) is 0 Å². The van der Waals surface area contributed by atoms with Gasteiger partial charge in [0.25, 0.3) is 5.91 Å². The second kappa shape index (κ2) is 7.21. The second-order valence-electron chi connectivity index (χ2n) is 4.77. The first-order chi connectivity index (χ1) is 8.58. The number of hydrogen-bond donors (Lipinski definition) is 2. The molecule has 0 bridgehead atoms. The van der Waals surface area contributed by atoms with Crippen LogP contribution >= 0.6 is 0 Å². The number of nitrogens with one attached hydrogen (secondary N) is 1. The van der Waals surface area contributed by atoms with Gasteiger partial charge in [-0.15, -0.1) is 0 Å². The molecule has 0 fully saturated rings. The molecule has 0 aromatic carbocycles. The number of furan rings is 1. The molecule has 1 atom stereocenters. The first-order valence-electron chi connectivity index (χ1n) is 6.63. The van der Waals surface area contributed by atoms with Crippen LogP contribution in [0, 0.1) is 19.8 Å². The highest BCUT2D eigenvalue weighted by Crippen LogP contribution is 2.14. The summed E-state index contributed by atoms with van der Waals surface area (Å²) in [6.07, 6.45) is 3.17. The van der Waals surface area contributed by atoms with Crippen LogP contribution in [-0.4, -0.2) is 19.0 Å². The van der Waals surface area contributed by atoms with Crippen LogP contribution in [0.1, 0.15) is 48.1 Å². The summed E-state index contributed by atoms with van der Waals surface area (Å²) in [5.41, 5.74) is 6.21. The van der Waals surface area contributed by atoms with Crippen molar-refractivity contribution in [3.8, 4) is 0 Å². The fourth-order valence-electron chi connectivity index (χ4n) is 2.18. The SMILES string of the molecule is CCCC(CCN)CNC(=O)c1cc(C)oc1C. The fraction of sp³-hybridized carbons (Fsp3) is 0.643. The van der Waals surface area contributed by atoms with Crippen molar-refractivity contribution in [3.05, 3.63) is 23.2 Å². The third-order valence-corrected chi connectivity index (χ3v) is 3.11. The van der Waals surface area contributed by atoms with Crippen molar-refractivity contribution in [2.45, 2.75) is 40.0 Å². The van der Waals surface area contributed by atoms with Gasteiger partial charge in [0.05, 0.1) is 5.56 Å². The van der Waals surface area contributed by atoms with Gasteiger partial charge < -0.3 is 15.5 Å². The normalized spacial score (nSPS) is 12.4. The van der Waals surface area contributed by atoms with Gasteiger partial charge in [0.1, 0.15) is 11.5 Å². The number of hydrogen-bond acceptors (Lipinski definition) is 3. The van der Waals surface area contributed by atoms with Gasteiger partial charge in [0, 0.05) is 6.54 Å². The molecule has 0 aliphatic carbocycles. The van der Waals surface area contributed by atoms with Gasteiger partial charge in [-0.3, -0.25) is 4.79 Å². The first-order valence-corrected chi connectivity index (χ1v) is 6.63. The highest BCUT2D eigenvalue weighted by molar-refractivity contribution is 5.95. The summed E-state index contributed by atoms with van der Waals surface area (Å²) < 4.78 is 5.36. The maximum absolute atomic E-state index is 12.0. The standard InChI is InChI=1S/C14H24N2O2/c1-4-5-12(6-7-15)9-16-14(17)13-8-10(2)18-11(13)3/h8,12H,4-7,9,15H2,1-3H3,(H,16,17). The first kappa shape index (κ1) is 14.8. The Bertz CT molecular complexity index is 379. The zero-order valence-electron chi connectivity index (χ0n) is 11.6. The molecule has 4 nitrogen and oxygen atoms in total. The molecule has 1 rings (SSSR count). The van der Waals surface area contributed by atoms with Crippen molar-refractivity contribution >= 4 is 5.91 Å². The van der Waals surface area contributed by atoms with Crippen LogP contribution in [0.15, 0.2) is 10.5 Å². The molecule has 0 aliphatic rings. The van der Waals surface area contributed by atoms with Gasteiger partial charge in [0.15, 0.2) is 0 Å². The Kier molecular flexibility index (Phi) is 5.92. The molecule has 0 aliphatic heterocycles. The quantitative estimate of drug-likeness (QED) is 0.783. The minimum Gasteiger partial charge on any atom is -0.466 e. The molecule has 18 heavy (non-hydrogen) atoms. The minimum absolute atomic E-state index is 0.0533. The summed E-state index contributed by atoms with van der Waals surface area (Å²) in [6.45, 7) is 7.16. The molecular formula is C14H24N2O2. The maximum atomic E-state index is 12.0. The lowest BCUT2D eigenvalue weighted by Crippen LogP contribution is -2.30. The number of nitrogens with two attached hydrogens (primary N) is 1. The fourth-order valence-corrected chi connectivity index (χ4v) is 2.18. The van der Waals surface area contributed by atoms with Gasteiger partial charge in [-0.05, 0) is 45.2 Å². The Hall–Kier alpha value is -1.29. The minimum atomic E-state index is -0.0533. The molecule has 102 valence electrons. The number of rotatable bonds is 7. The Balaban J connectivity index is 2.51. The molecule has 4 heteroatoms. The molecular weight excluding hydrogens is 228 g/mol. The average molecular weight is 252 g/mol. The predicted octanol–water partition coefficient (Wildman–Crippen LogP) is 2.39. The smallest absolute Gasteiger partial charge is 0.254 e. The van der Waals surface area contributed by atoms with Gasteiger partial charge in [0.2, 0.25) is 0 Å². The molecule has 0 spiro atoms. The summed E-state index contributed by atoms with van der Waals surface area (Å²) in [4.78, 5) is 12.0. The summed E-state index contributed by atoms with van der Waals surface area (Å²) in [5, 5.41) is 2.97. The molecule has 1 unspecified atom stereocenters. The molecule has 0 radical (unpaired) electrons. The van der Waals surface area contributed by atoms with Gasteiger partial charge in [-0.1, -0.05) is 13.3 Å². The Morgan fingerprint density at radius 3 is 2.67 bits per heavy atom. The summed E-state index contributed by atoms with van der Waals surface area (Å²) in [7, 11) is 0. The van der Waals surface area contributed by atoms with Crippen molar-refractivity contribution in [1.29, 1.82) is 0 Å². The molecule has 0 saturated carbocycles. The van der Waals surface area contributed by atoms with Crippen LogP contribution < -0.4 is 11.1 Å². The van der Waals surface area contributed by atoms with Gasteiger partial charge >= 0.3 is 0 Å². The Labute approximate surface area is 109 Å². The molecule has 3 N–H and O–H groups in total. The summed E-state index contributed by atoms with van der Waals surface area (Å²) in [6, 6.07) is 1.78. The largest absolute Gasteiger partial charge is 0.466 e. The molecule has 0 saturated heterocycles. The van der Waals surface area contributed by atoms with Crippen molar-refractivity contribution < 1.29 is 9.21 Å². The van der Waals surface area contributed by atoms with Crippen molar-refractivity contribution in [3.63, 3.8) is 0 Å². The van der Waals surface area contributed by atoms with E-state index in [1.165, 1.54) is 0 Å². The lowest BCUT2D eigenvalue weighted by molar-refractivity contribution is 0.0944. The number of carbonyl (C=O) groups is 1. The third-order valence-electron chi connectivity index (χ3n) is 3.11. The van der Waals surface area contributed by atoms with E-state index >= 15 is 0 Å². The zero-order valence-corrected chi connectivity index (χ0v) is 11.6. The lowest BCUT2D eigenvalue weighted by atomic mass is 10.00. The van der Waals surface area contributed by atoms with Crippen LogP contribution in [-0.2, 0) is 0 Å². The van der Waals surface area contributed by atoms with Crippen LogP contribution in [0.2, 0.25) is 0 Å². The topological polar surface area (TPSA) is 68.3 Å². The summed E-state index contributed by atoms with van der Waals surface area (Å²) >= 11 is 0. The Morgan fingerprint density at radius 2 is 2.17 bits per heavy atom. The number of carbonyl (C=O) groups excluding carboxylic acids is 1. The van der Waals surface area contributed by atoms with Crippen LogP contribution in [0.25, 0.3) is 0 Å². The molecule has 1 aromatic heterocycles. The van der Waals surface area contributed by atoms with Crippen molar-refractivity contribution in [2.75, 3.05) is 13.1 Å². The molecule has 1 amide bonds. The van der Waals surface area contributed by atoms with E-state index in [2.05, 4.69) is 12.2 Å². The Morgan fingerprint density at radius 1 is 1.44 bits per heavy atom. The summed E-state index contributed by atoms with van der Waals surface area (Å²) in [5.74, 6) is 1.86. The van der Waals surface area contributed by atoms with E-state index in [0.717, 1.165) is 25.0 Å². The highest BCUT2D eigenvalue weighted by Gasteiger charge is 2.15. The molecule has 1 aromatic rings. The number of amides is 1. The van der Waals surface area contributed by atoms with Gasteiger partial charge in [-0.25, -0.2) is 0 Å². The third kappa shape index (κ3) is 4.18. The van der Waals surface area contributed by atoms with Crippen LogP contribution in [0.3, 0.4) is 0 Å². The van der Waals surface area contributed by atoms with E-state index in [0.29, 0.717) is 30.3 Å². The van der Waals surface area contributed by atoms with E-state index in [9.17, 15) is 4.79 Å². The van der Waals surface area contributed by atoms with E-state index < -0.39 is 0 Å². The van der Waals surface area contributed by atoms with E-state index in [1.54, 1.807) is 6.07 Å². The maximum Gasteiger partial charge on any atom is 0.254 e. The zero-order chi connectivity index (χ0) is 13.5. The van der Waals surface area contributed by atoms with E-state index in [4.69, 9.17) is 10.2 Å². The van der Waals surface area contributed by atoms with Crippen molar-refractivity contribution in [1.82, 2.24) is 5.32 Å². The number of aryl methyl sites for hydroxylation is 2. The highest BCUT2D eigenvalue weighted by atomic mass is 16.3. The van der Waals surface area contributed by atoms with E-state index in [1.807, 2.05) is 13.8 Å². The van der Waals surface area contributed by atoms with Crippen LogP contribution in [0.4, 0.5) is 0 Å². The van der Waals surface area contributed by atoms with Crippen LogP contribution in [0.5, 0.6) is 0 Å². The average Bonchev–Trinajstić information content (AvgIpc) is 2.65. The molecule has 1 heterocycles. The van der Waals surface area contributed by atoms with E-state index in [-0.39, 0.29) is 5.91 Å². The lowest BCUT2D eigenvalue weighted by Gasteiger charge is -2.15. The second-order valence-corrected chi connectivity index (χ2v) is 4.77.